The van der Waals surface area contributed by atoms with E-state index in [4.69, 9.17) is 26.4 Å². The first-order chi connectivity index (χ1) is 12.8. The van der Waals surface area contributed by atoms with E-state index in [1.807, 2.05) is 13.0 Å². The molecule has 0 fully saturated rings. The van der Waals surface area contributed by atoms with Crippen LogP contribution in [0.5, 0.6) is 23.0 Å². The highest BCUT2D eigenvalue weighted by Crippen LogP contribution is 2.38. The molecule has 0 aliphatic carbocycles. The third-order valence-electron chi connectivity index (χ3n) is 3.85. The predicted molar refractivity (Wildman–Crippen MR) is 107 cm³/mol. The lowest BCUT2D eigenvalue weighted by Gasteiger charge is -2.15. The summed E-state index contributed by atoms with van der Waals surface area (Å²) in [4.78, 5) is 12.5. The summed E-state index contributed by atoms with van der Waals surface area (Å²) in [5.74, 6) is 0.707. The lowest BCUT2D eigenvalue weighted by Crippen LogP contribution is -2.34. The van der Waals surface area contributed by atoms with Gasteiger partial charge in [-0.1, -0.05) is 6.07 Å². The van der Waals surface area contributed by atoms with E-state index in [1.165, 1.54) is 33.5 Å². The lowest BCUT2D eigenvalue weighted by atomic mass is 10.1. The summed E-state index contributed by atoms with van der Waals surface area (Å²) < 4.78 is 15.7. The standard InChI is InChI=1S/C19H22N2O5S/c1-10-6-11(2)16(22)13(7-10)20-19(27)21-18(23)12-8-14(24-3)17(26-5)15(9-12)25-4/h6-9,22H,1-5H3,(H2,20,21,23,27). The summed E-state index contributed by atoms with van der Waals surface area (Å²) in [6.07, 6.45) is 0. The number of benzene rings is 2. The first-order valence-corrected chi connectivity index (χ1v) is 8.44. The number of aryl methyl sites for hydroxylation is 2. The van der Waals surface area contributed by atoms with Crippen molar-refractivity contribution in [3.8, 4) is 23.0 Å². The van der Waals surface area contributed by atoms with Crippen LogP contribution in [-0.4, -0.2) is 37.5 Å². The molecule has 0 aliphatic rings. The third kappa shape index (κ3) is 4.59. The van der Waals surface area contributed by atoms with Crippen LogP contribution in [0.25, 0.3) is 0 Å². The number of rotatable bonds is 5. The Balaban J connectivity index is 2.21. The van der Waals surface area contributed by atoms with Gasteiger partial charge in [-0.05, 0) is 55.4 Å². The number of carbonyl (C=O) groups is 1. The van der Waals surface area contributed by atoms with Gasteiger partial charge in [0.15, 0.2) is 16.6 Å². The molecule has 0 aliphatic heterocycles. The Labute approximate surface area is 163 Å². The van der Waals surface area contributed by atoms with Gasteiger partial charge in [-0.2, -0.15) is 0 Å². The number of amides is 1. The summed E-state index contributed by atoms with van der Waals surface area (Å²) in [5, 5.41) is 15.6. The van der Waals surface area contributed by atoms with Crippen molar-refractivity contribution in [1.29, 1.82) is 0 Å². The number of anilines is 1. The zero-order valence-corrected chi connectivity index (χ0v) is 16.6. The van der Waals surface area contributed by atoms with E-state index in [2.05, 4.69) is 10.6 Å². The van der Waals surface area contributed by atoms with Crippen molar-refractivity contribution in [2.75, 3.05) is 26.6 Å². The molecule has 0 bridgehead atoms. The van der Waals surface area contributed by atoms with E-state index in [0.717, 1.165) is 5.56 Å². The maximum atomic E-state index is 12.5. The number of thiocarbonyl (C=S) groups is 1. The molecule has 27 heavy (non-hydrogen) atoms. The van der Waals surface area contributed by atoms with Gasteiger partial charge >= 0.3 is 0 Å². The molecule has 7 nitrogen and oxygen atoms in total. The Morgan fingerprint density at radius 1 is 1.00 bits per heavy atom. The monoisotopic (exact) mass is 390 g/mol. The fourth-order valence-corrected chi connectivity index (χ4v) is 2.80. The summed E-state index contributed by atoms with van der Waals surface area (Å²) in [6.45, 7) is 3.68. The largest absolute Gasteiger partial charge is 0.505 e. The molecule has 0 radical (unpaired) electrons. The molecular weight excluding hydrogens is 368 g/mol. The molecule has 8 heteroatoms. The van der Waals surface area contributed by atoms with Gasteiger partial charge in [0, 0.05) is 5.56 Å². The van der Waals surface area contributed by atoms with Crippen molar-refractivity contribution in [3.63, 3.8) is 0 Å². The molecule has 2 aromatic carbocycles. The summed E-state index contributed by atoms with van der Waals surface area (Å²) in [5.41, 5.74) is 2.35. The number of ether oxygens (including phenoxy) is 3. The summed E-state index contributed by atoms with van der Waals surface area (Å²) >= 11 is 5.19. The quantitative estimate of drug-likeness (QED) is 0.534. The van der Waals surface area contributed by atoms with E-state index in [9.17, 15) is 9.90 Å². The number of hydrogen-bond donors (Lipinski definition) is 3. The second-order valence-electron chi connectivity index (χ2n) is 5.80. The van der Waals surface area contributed by atoms with Crippen LogP contribution >= 0.6 is 12.2 Å². The van der Waals surface area contributed by atoms with E-state index in [1.54, 1.807) is 13.0 Å². The minimum atomic E-state index is -0.462. The van der Waals surface area contributed by atoms with Crippen LogP contribution in [0.2, 0.25) is 0 Å². The molecule has 0 unspecified atom stereocenters. The smallest absolute Gasteiger partial charge is 0.257 e. The third-order valence-corrected chi connectivity index (χ3v) is 4.05. The zero-order chi connectivity index (χ0) is 20.1. The van der Waals surface area contributed by atoms with Crippen LogP contribution in [0.1, 0.15) is 21.5 Å². The molecule has 144 valence electrons. The Morgan fingerprint density at radius 2 is 1.59 bits per heavy atom. The number of phenolic OH excluding ortho intramolecular Hbond substituents is 1. The normalized spacial score (nSPS) is 10.1. The minimum Gasteiger partial charge on any atom is -0.505 e. The predicted octanol–water partition coefficient (Wildman–Crippen LogP) is 3.16. The molecule has 2 aromatic rings. The number of hydrogen-bond acceptors (Lipinski definition) is 6. The molecule has 3 N–H and O–H groups in total. The Kier molecular flexibility index (Phi) is 6.46. The second kappa shape index (κ2) is 8.59. The molecule has 0 atom stereocenters. The fourth-order valence-electron chi connectivity index (χ4n) is 2.60. The topological polar surface area (TPSA) is 89.1 Å². The van der Waals surface area contributed by atoms with Gasteiger partial charge in [0.25, 0.3) is 5.91 Å². The minimum absolute atomic E-state index is 0.0500. The Bertz CT molecular complexity index is 858. The average Bonchev–Trinajstić information content (AvgIpc) is 2.64. The number of methoxy groups -OCH3 is 3. The molecular formula is C19H22N2O5S. The SMILES string of the molecule is COc1cc(C(=O)NC(=S)Nc2cc(C)cc(C)c2O)cc(OC)c1OC. The van der Waals surface area contributed by atoms with Crippen molar-refractivity contribution >= 4 is 28.9 Å². The lowest BCUT2D eigenvalue weighted by molar-refractivity contribution is 0.0977. The van der Waals surface area contributed by atoms with Crippen LogP contribution in [0.4, 0.5) is 5.69 Å². The molecule has 0 aromatic heterocycles. The summed E-state index contributed by atoms with van der Waals surface area (Å²) in [6, 6.07) is 6.62. The van der Waals surface area contributed by atoms with Crippen LogP contribution in [0, 0.1) is 13.8 Å². The van der Waals surface area contributed by atoms with Gasteiger partial charge in [-0.3, -0.25) is 10.1 Å². The van der Waals surface area contributed by atoms with Gasteiger partial charge < -0.3 is 24.6 Å². The van der Waals surface area contributed by atoms with Crippen molar-refractivity contribution in [1.82, 2.24) is 5.32 Å². The number of carbonyl (C=O) groups excluding carboxylic acids is 1. The highest BCUT2D eigenvalue weighted by atomic mass is 32.1. The maximum absolute atomic E-state index is 12.5. The highest BCUT2D eigenvalue weighted by Gasteiger charge is 2.18. The van der Waals surface area contributed by atoms with Gasteiger partial charge in [0.05, 0.1) is 27.0 Å². The van der Waals surface area contributed by atoms with Crippen LogP contribution < -0.4 is 24.8 Å². The Hall–Kier alpha value is -3.00. The van der Waals surface area contributed by atoms with Crippen molar-refractivity contribution in [2.45, 2.75) is 13.8 Å². The first-order valence-electron chi connectivity index (χ1n) is 8.03. The van der Waals surface area contributed by atoms with Gasteiger partial charge in [0.1, 0.15) is 5.75 Å². The maximum Gasteiger partial charge on any atom is 0.257 e. The first kappa shape index (κ1) is 20.3. The Morgan fingerprint density at radius 3 is 2.11 bits per heavy atom. The van der Waals surface area contributed by atoms with E-state index < -0.39 is 5.91 Å². The average molecular weight is 390 g/mol. The van der Waals surface area contributed by atoms with E-state index >= 15 is 0 Å². The molecule has 2 rings (SSSR count). The zero-order valence-electron chi connectivity index (χ0n) is 15.8. The summed E-state index contributed by atoms with van der Waals surface area (Å²) in [7, 11) is 4.41. The number of phenols is 1. The molecule has 0 saturated carbocycles. The van der Waals surface area contributed by atoms with E-state index in [0.29, 0.717) is 28.5 Å². The number of aromatic hydroxyl groups is 1. The molecule has 0 saturated heterocycles. The molecule has 0 spiro atoms. The fraction of sp³-hybridized carbons (Fsp3) is 0.263. The van der Waals surface area contributed by atoms with Crippen molar-refractivity contribution in [3.05, 3.63) is 41.0 Å². The number of nitrogens with one attached hydrogen (secondary N) is 2. The van der Waals surface area contributed by atoms with E-state index in [-0.39, 0.29) is 16.4 Å². The van der Waals surface area contributed by atoms with Gasteiger partial charge in [-0.25, -0.2) is 0 Å². The van der Waals surface area contributed by atoms with Crippen LogP contribution in [-0.2, 0) is 0 Å². The highest BCUT2D eigenvalue weighted by molar-refractivity contribution is 7.80. The van der Waals surface area contributed by atoms with Crippen LogP contribution in [0.3, 0.4) is 0 Å². The van der Waals surface area contributed by atoms with Crippen molar-refractivity contribution in [2.24, 2.45) is 0 Å². The second-order valence-corrected chi connectivity index (χ2v) is 6.21. The molecule has 0 heterocycles. The van der Waals surface area contributed by atoms with Gasteiger partial charge in [-0.15, -0.1) is 0 Å². The van der Waals surface area contributed by atoms with Crippen molar-refractivity contribution < 1.29 is 24.1 Å². The molecule has 1 amide bonds. The van der Waals surface area contributed by atoms with Crippen LogP contribution in [0.15, 0.2) is 24.3 Å². The van der Waals surface area contributed by atoms with Gasteiger partial charge in [0.2, 0.25) is 5.75 Å².